The normalized spacial score (nSPS) is 12.5. The van der Waals surface area contributed by atoms with E-state index in [4.69, 9.17) is 57.9 Å². The molecule has 18 heteroatoms. The van der Waals surface area contributed by atoms with E-state index in [1.165, 1.54) is 36.4 Å². The summed E-state index contributed by atoms with van der Waals surface area (Å²) >= 11 is 26.2. The maximum atomic E-state index is 12.1. The Hall–Kier alpha value is -4.38. The van der Waals surface area contributed by atoms with Crippen molar-refractivity contribution in [1.29, 1.82) is 0 Å². The van der Waals surface area contributed by atoms with Gasteiger partial charge in [-0.2, -0.15) is 16.8 Å². The fourth-order valence-electron chi connectivity index (χ4n) is 5.16. The number of nitrogens with zero attached hydrogens (tertiary/aromatic N) is 4. The van der Waals surface area contributed by atoms with E-state index >= 15 is 0 Å². The molecule has 12 nitrogen and oxygen atoms in total. The Balaban J connectivity index is 1.34. The number of hydrogen-bond acceptors (Lipinski definition) is 10. The summed E-state index contributed by atoms with van der Waals surface area (Å²) in [5.41, 5.74) is 13.7. The maximum absolute atomic E-state index is 12.1. The molecule has 6 N–H and O–H groups in total. The van der Waals surface area contributed by atoms with Crippen LogP contribution in [0.5, 0.6) is 0 Å². The fraction of sp³-hybridized carbons (Fsp3) is 0. The van der Waals surface area contributed by atoms with E-state index in [1.54, 1.807) is 36.4 Å². The standard InChI is InChI=1S/C32H20Cl4N6O6S2/c33-21-9-15(10-22(34)31(21)41-39-25-13-27(49(43,44)45)17-5-1-3-7-19(17)29(25)37)16-11-23(35)32(24(36)12-16)42-40-26-14-28(50(46,47)48)18-6-2-4-8-20(18)30(26)38/h1-14H,37-38H2,(H,43,44,45)(H,46,47,48)/b41-39+,42-40+. The summed E-state index contributed by atoms with van der Waals surface area (Å²) in [6.07, 6.45) is 0. The topological polar surface area (TPSA) is 210 Å². The molecule has 6 rings (SSSR count). The van der Waals surface area contributed by atoms with Crippen molar-refractivity contribution in [2.75, 3.05) is 11.5 Å². The second kappa shape index (κ2) is 13.4. The number of hydrogen-bond donors (Lipinski definition) is 4. The van der Waals surface area contributed by atoms with Gasteiger partial charge in [0.15, 0.2) is 0 Å². The molecule has 0 saturated heterocycles. The van der Waals surface area contributed by atoms with Gasteiger partial charge in [-0.15, -0.1) is 20.5 Å². The minimum Gasteiger partial charge on any atom is -0.396 e. The van der Waals surface area contributed by atoms with Crippen molar-refractivity contribution in [2.45, 2.75) is 9.79 Å². The van der Waals surface area contributed by atoms with Crippen LogP contribution in [0.1, 0.15) is 0 Å². The summed E-state index contributed by atoms with van der Waals surface area (Å²) in [6.45, 7) is 0. The van der Waals surface area contributed by atoms with Crippen LogP contribution in [0, 0.1) is 0 Å². The molecule has 50 heavy (non-hydrogen) atoms. The first-order chi connectivity index (χ1) is 23.5. The molecule has 0 heterocycles. The monoisotopic (exact) mass is 788 g/mol. The molecular weight excluding hydrogens is 770 g/mol. The van der Waals surface area contributed by atoms with Gasteiger partial charge >= 0.3 is 0 Å². The van der Waals surface area contributed by atoms with Gasteiger partial charge in [-0.3, -0.25) is 9.11 Å². The molecule has 0 aliphatic rings. The number of nitrogens with two attached hydrogens (primary N) is 2. The van der Waals surface area contributed by atoms with Gasteiger partial charge < -0.3 is 11.5 Å². The van der Waals surface area contributed by atoms with Crippen LogP contribution in [0.15, 0.2) is 115 Å². The smallest absolute Gasteiger partial charge is 0.295 e. The molecule has 0 aromatic heterocycles. The van der Waals surface area contributed by atoms with E-state index in [-0.39, 0.29) is 65.0 Å². The molecule has 0 saturated carbocycles. The zero-order valence-electron chi connectivity index (χ0n) is 24.9. The van der Waals surface area contributed by atoms with Crippen LogP contribution in [0.25, 0.3) is 32.7 Å². The van der Waals surface area contributed by atoms with E-state index in [1.807, 2.05) is 0 Å². The molecule has 0 aliphatic heterocycles. The number of rotatable bonds is 7. The highest BCUT2D eigenvalue weighted by Crippen LogP contribution is 2.44. The Labute approximate surface area is 304 Å². The highest BCUT2D eigenvalue weighted by atomic mass is 35.5. The highest BCUT2D eigenvalue weighted by molar-refractivity contribution is 7.86. The van der Waals surface area contributed by atoms with E-state index in [2.05, 4.69) is 20.5 Å². The predicted octanol–water partition coefficient (Wildman–Crippen LogP) is 10.8. The zero-order chi connectivity index (χ0) is 36.1. The Morgan fingerprint density at radius 3 is 1.08 bits per heavy atom. The summed E-state index contributed by atoms with van der Waals surface area (Å²) in [6, 6.07) is 20.9. The first-order valence-electron chi connectivity index (χ1n) is 13.9. The molecule has 6 aromatic rings. The number of benzene rings is 6. The van der Waals surface area contributed by atoms with Crippen molar-refractivity contribution < 1.29 is 25.9 Å². The maximum Gasteiger partial charge on any atom is 0.295 e. The fourth-order valence-corrected chi connectivity index (χ4v) is 7.71. The molecule has 0 unspecified atom stereocenters. The van der Waals surface area contributed by atoms with Crippen molar-refractivity contribution in [3.63, 3.8) is 0 Å². The van der Waals surface area contributed by atoms with Gasteiger partial charge in [0.05, 0.1) is 31.5 Å². The molecule has 0 spiro atoms. The third-order valence-electron chi connectivity index (χ3n) is 7.49. The Morgan fingerprint density at radius 1 is 0.480 bits per heavy atom. The van der Waals surface area contributed by atoms with Crippen LogP contribution in [0.4, 0.5) is 34.1 Å². The van der Waals surface area contributed by atoms with Crippen LogP contribution in [-0.4, -0.2) is 25.9 Å². The molecule has 6 aromatic carbocycles. The van der Waals surface area contributed by atoms with Crippen molar-refractivity contribution in [3.05, 3.63) is 105 Å². The van der Waals surface area contributed by atoms with Gasteiger partial charge in [-0.25, -0.2) is 0 Å². The van der Waals surface area contributed by atoms with Crippen LogP contribution in [0.3, 0.4) is 0 Å². The third kappa shape index (κ3) is 6.84. The molecule has 0 aliphatic carbocycles. The summed E-state index contributed by atoms with van der Waals surface area (Å²) in [4.78, 5) is -0.798. The molecular formula is C32H20Cl4N6O6S2. The average Bonchev–Trinajstić information content (AvgIpc) is 3.04. The van der Waals surface area contributed by atoms with Crippen LogP contribution >= 0.6 is 46.4 Å². The van der Waals surface area contributed by atoms with Crippen molar-refractivity contribution in [2.24, 2.45) is 20.5 Å². The van der Waals surface area contributed by atoms with Gasteiger partial charge in [0.2, 0.25) is 0 Å². The quantitative estimate of drug-likeness (QED) is 0.0692. The lowest BCUT2D eigenvalue weighted by molar-refractivity contribution is 0.482. The second-order valence-electron chi connectivity index (χ2n) is 10.6. The van der Waals surface area contributed by atoms with Crippen molar-refractivity contribution in [1.82, 2.24) is 0 Å². The minimum absolute atomic E-state index is 0.0397. The van der Waals surface area contributed by atoms with E-state index < -0.39 is 30.0 Å². The molecule has 254 valence electrons. The second-order valence-corrected chi connectivity index (χ2v) is 15.0. The van der Waals surface area contributed by atoms with Crippen molar-refractivity contribution >= 4 is 122 Å². The van der Waals surface area contributed by atoms with Crippen LogP contribution in [0.2, 0.25) is 20.1 Å². The minimum atomic E-state index is -4.63. The number of azo groups is 2. The molecule has 0 bridgehead atoms. The molecule has 0 amide bonds. The molecule has 0 fully saturated rings. The SMILES string of the molecule is Nc1c(/N=N/c2c(Cl)cc(-c3cc(Cl)c(/N=N/c4cc(S(=O)(=O)O)c5ccccc5c4N)c(Cl)c3)cc2Cl)cc(S(=O)(=O)O)c2ccccc12. The lowest BCUT2D eigenvalue weighted by Crippen LogP contribution is -2.01. The lowest BCUT2D eigenvalue weighted by atomic mass is 10.0. The van der Waals surface area contributed by atoms with Gasteiger partial charge in [-0.1, -0.05) is 94.9 Å². The van der Waals surface area contributed by atoms with Crippen LogP contribution in [-0.2, 0) is 20.2 Å². The summed E-state index contributed by atoms with van der Waals surface area (Å²) in [7, 11) is -9.26. The van der Waals surface area contributed by atoms with Crippen molar-refractivity contribution in [3.8, 4) is 11.1 Å². The highest BCUT2D eigenvalue weighted by Gasteiger charge is 2.21. The summed E-state index contributed by atoms with van der Waals surface area (Å²) in [5.74, 6) is 0. The van der Waals surface area contributed by atoms with Crippen LogP contribution < -0.4 is 11.5 Å². The average molecular weight is 790 g/mol. The third-order valence-corrected chi connectivity index (χ3v) is 10.4. The van der Waals surface area contributed by atoms with E-state index in [9.17, 15) is 25.9 Å². The Morgan fingerprint density at radius 2 is 0.780 bits per heavy atom. The van der Waals surface area contributed by atoms with Gasteiger partial charge in [0.25, 0.3) is 20.2 Å². The first kappa shape index (κ1) is 35.4. The zero-order valence-corrected chi connectivity index (χ0v) is 29.5. The first-order valence-corrected chi connectivity index (χ1v) is 18.3. The largest absolute Gasteiger partial charge is 0.396 e. The van der Waals surface area contributed by atoms with E-state index in [0.717, 1.165) is 12.1 Å². The van der Waals surface area contributed by atoms with E-state index in [0.29, 0.717) is 21.9 Å². The van der Waals surface area contributed by atoms with Gasteiger partial charge in [-0.05, 0) is 47.5 Å². The number of halogens is 4. The van der Waals surface area contributed by atoms with Gasteiger partial charge in [0.1, 0.15) is 32.5 Å². The molecule has 0 radical (unpaired) electrons. The summed E-state index contributed by atoms with van der Waals surface area (Å²) in [5, 5.41) is 17.7. The Kier molecular flexibility index (Phi) is 9.49. The number of anilines is 2. The number of nitrogen functional groups attached to an aromatic ring is 2. The summed E-state index contributed by atoms with van der Waals surface area (Å²) < 4.78 is 67.9. The Bertz CT molecular complexity index is 2460. The number of fused-ring (bicyclic) bond motifs is 2. The predicted molar refractivity (Wildman–Crippen MR) is 197 cm³/mol. The lowest BCUT2D eigenvalue weighted by Gasteiger charge is -2.11. The van der Waals surface area contributed by atoms with Gasteiger partial charge in [0, 0.05) is 21.5 Å². The molecule has 0 atom stereocenters.